The number of amides is 2. The Labute approximate surface area is 136 Å². The minimum absolute atomic E-state index is 0.183. The van der Waals surface area contributed by atoms with E-state index in [0.717, 1.165) is 0 Å². The second kappa shape index (κ2) is 7.35. The van der Waals surface area contributed by atoms with E-state index >= 15 is 0 Å². The second-order valence-corrected chi connectivity index (χ2v) is 6.56. The topological polar surface area (TPSA) is 67.9 Å². The fourth-order valence-corrected chi connectivity index (χ4v) is 2.30. The lowest BCUT2D eigenvalue weighted by Crippen LogP contribution is -2.44. The predicted molar refractivity (Wildman–Crippen MR) is 87.4 cm³/mol. The zero-order valence-electron chi connectivity index (χ0n) is 13.9. The first-order valence-corrected chi connectivity index (χ1v) is 7.84. The molecule has 0 radical (unpaired) electrons. The van der Waals surface area contributed by atoms with Crippen LogP contribution in [0.4, 0.5) is 15.3 Å². The summed E-state index contributed by atoms with van der Waals surface area (Å²) in [5.74, 6) is 0. The summed E-state index contributed by atoms with van der Waals surface area (Å²) in [4.78, 5) is 25.5. The van der Waals surface area contributed by atoms with Crippen LogP contribution >= 0.6 is 0 Å². The quantitative estimate of drug-likeness (QED) is 0.903. The van der Waals surface area contributed by atoms with Crippen molar-refractivity contribution in [2.45, 2.75) is 45.3 Å². The maximum atomic E-state index is 12.0. The Morgan fingerprint density at radius 3 is 2.30 bits per heavy atom. The summed E-state index contributed by atoms with van der Waals surface area (Å²) in [6, 6.07) is 9.16. The summed E-state index contributed by atoms with van der Waals surface area (Å²) >= 11 is 0. The Hall–Kier alpha value is -2.24. The van der Waals surface area contributed by atoms with Gasteiger partial charge in [0.1, 0.15) is 11.7 Å². The van der Waals surface area contributed by atoms with E-state index in [1.54, 1.807) is 17.0 Å². The smallest absolute Gasteiger partial charge is 0.411 e. The third-order valence-electron chi connectivity index (χ3n) is 3.39. The number of nitrogens with one attached hydrogen (secondary N) is 1. The van der Waals surface area contributed by atoms with E-state index in [2.05, 4.69) is 5.32 Å². The van der Waals surface area contributed by atoms with Crippen LogP contribution in [-0.4, -0.2) is 41.9 Å². The van der Waals surface area contributed by atoms with Crippen LogP contribution < -0.4 is 5.32 Å². The van der Waals surface area contributed by atoms with E-state index in [4.69, 9.17) is 9.47 Å². The highest BCUT2D eigenvalue weighted by molar-refractivity contribution is 5.84. The number of carbonyl (C=O) groups excluding carboxylic acids is 2. The van der Waals surface area contributed by atoms with Crippen molar-refractivity contribution < 1.29 is 19.1 Å². The van der Waals surface area contributed by atoms with Gasteiger partial charge in [-0.15, -0.1) is 0 Å². The van der Waals surface area contributed by atoms with Crippen molar-refractivity contribution in [3.63, 3.8) is 0 Å². The number of hydrogen-bond donors (Lipinski definition) is 1. The minimum Gasteiger partial charge on any atom is -0.446 e. The number of rotatable bonds is 2. The predicted octanol–water partition coefficient (Wildman–Crippen LogP) is 3.63. The summed E-state index contributed by atoms with van der Waals surface area (Å²) in [7, 11) is 0. The van der Waals surface area contributed by atoms with Gasteiger partial charge in [-0.3, -0.25) is 5.32 Å². The fourth-order valence-electron chi connectivity index (χ4n) is 2.30. The van der Waals surface area contributed by atoms with Crippen molar-refractivity contribution in [1.29, 1.82) is 0 Å². The number of benzene rings is 1. The van der Waals surface area contributed by atoms with Gasteiger partial charge >= 0.3 is 12.2 Å². The lowest BCUT2D eigenvalue weighted by atomic mass is 10.1. The fraction of sp³-hybridized carbons (Fsp3) is 0.529. The Morgan fingerprint density at radius 1 is 1.13 bits per heavy atom. The van der Waals surface area contributed by atoms with Crippen LogP contribution in [0, 0.1) is 0 Å². The number of likely N-dealkylation sites (tertiary alicyclic amines) is 1. The molecule has 0 spiro atoms. The lowest BCUT2D eigenvalue weighted by molar-refractivity contribution is 0.00794. The molecule has 0 unspecified atom stereocenters. The first kappa shape index (κ1) is 17.1. The van der Waals surface area contributed by atoms with Gasteiger partial charge in [-0.25, -0.2) is 9.59 Å². The molecule has 0 aliphatic carbocycles. The zero-order valence-corrected chi connectivity index (χ0v) is 13.9. The normalized spacial score (nSPS) is 15.9. The SMILES string of the molecule is CC(C)(C)OC(=O)N1CCC(OC(=O)Nc2ccccc2)CC1. The summed E-state index contributed by atoms with van der Waals surface area (Å²) in [6.45, 7) is 6.58. The molecular weight excluding hydrogens is 296 g/mol. The molecule has 0 saturated carbocycles. The first-order chi connectivity index (χ1) is 10.8. The van der Waals surface area contributed by atoms with Gasteiger partial charge in [-0.05, 0) is 32.9 Å². The minimum atomic E-state index is -0.500. The maximum Gasteiger partial charge on any atom is 0.411 e. The van der Waals surface area contributed by atoms with E-state index in [0.29, 0.717) is 31.6 Å². The second-order valence-electron chi connectivity index (χ2n) is 6.56. The molecule has 1 aromatic rings. The summed E-state index contributed by atoms with van der Waals surface area (Å²) < 4.78 is 10.7. The Morgan fingerprint density at radius 2 is 1.74 bits per heavy atom. The van der Waals surface area contributed by atoms with Crippen molar-refractivity contribution in [1.82, 2.24) is 4.90 Å². The standard InChI is InChI=1S/C17H24N2O4/c1-17(2,3)23-16(21)19-11-9-14(10-12-19)22-15(20)18-13-7-5-4-6-8-13/h4-8,14H,9-12H2,1-3H3,(H,18,20). The van der Waals surface area contributed by atoms with Crippen molar-refractivity contribution in [2.75, 3.05) is 18.4 Å². The van der Waals surface area contributed by atoms with Crippen LogP contribution in [0.3, 0.4) is 0 Å². The molecule has 2 rings (SSSR count). The molecule has 1 heterocycles. The number of hydrogen-bond acceptors (Lipinski definition) is 4. The van der Waals surface area contributed by atoms with E-state index < -0.39 is 11.7 Å². The molecule has 1 aliphatic heterocycles. The van der Waals surface area contributed by atoms with E-state index in [1.165, 1.54) is 0 Å². The number of para-hydroxylation sites is 1. The molecule has 2 amide bonds. The zero-order chi connectivity index (χ0) is 16.9. The van der Waals surface area contributed by atoms with Gasteiger partial charge in [-0.1, -0.05) is 18.2 Å². The van der Waals surface area contributed by atoms with Crippen LogP contribution in [0.2, 0.25) is 0 Å². The van der Waals surface area contributed by atoms with Gasteiger partial charge in [0, 0.05) is 31.6 Å². The van der Waals surface area contributed by atoms with Crippen LogP contribution in [0.1, 0.15) is 33.6 Å². The van der Waals surface area contributed by atoms with Crippen molar-refractivity contribution in [2.24, 2.45) is 0 Å². The summed E-state index contributed by atoms with van der Waals surface area (Å²) in [5, 5.41) is 2.69. The summed E-state index contributed by atoms with van der Waals surface area (Å²) in [6.07, 6.45) is 0.261. The summed E-state index contributed by atoms with van der Waals surface area (Å²) in [5.41, 5.74) is 0.198. The average Bonchev–Trinajstić information content (AvgIpc) is 2.47. The Bertz CT molecular complexity index is 531. The number of nitrogens with zero attached hydrogens (tertiary/aromatic N) is 1. The van der Waals surface area contributed by atoms with Crippen LogP contribution in [0.5, 0.6) is 0 Å². The average molecular weight is 320 g/mol. The van der Waals surface area contributed by atoms with E-state index in [-0.39, 0.29) is 12.2 Å². The molecule has 1 fully saturated rings. The number of ether oxygens (including phenoxy) is 2. The van der Waals surface area contributed by atoms with Gasteiger partial charge in [0.25, 0.3) is 0 Å². The lowest BCUT2D eigenvalue weighted by Gasteiger charge is -2.33. The number of carbonyl (C=O) groups is 2. The van der Waals surface area contributed by atoms with Gasteiger partial charge in [-0.2, -0.15) is 0 Å². The third kappa shape index (κ3) is 5.81. The molecule has 23 heavy (non-hydrogen) atoms. The van der Waals surface area contributed by atoms with Crippen molar-refractivity contribution in [3.05, 3.63) is 30.3 Å². The molecule has 1 aliphatic rings. The molecule has 1 N–H and O–H groups in total. The van der Waals surface area contributed by atoms with Crippen LogP contribution in [-0.2, 0) is 9.47 Å². The van der Waals surface area contributed by atoms with Crippen molar-refractivity contribution in [3.8, 4) is 0 Å². The molecule has 1 saturated heterocycles. The number of anilines is 1. The maximum absolute atomic E-state index is 12.0. The molecule has 0 aromatic heterocycles. The van der Waals surface area contributed by atoms with Gasteiger partial charge in [0.2, 0.25) is 0 Å². The molecule has 6 heteroatoms. The van der Waals surface area contributed by atoms with Crippen LogP contribution in [0.15, 0.2) is 30.3 Å². The Kier molecular flexibility index (Phi) is 5.47. The highest BCUT2D eigenvalue weighted by Crippen LogP contribution is 2.18. The largest absolute Gasteiger partial charge is 0.446 e. The van der Waals surface area contributed by atoms with E-state index in [1.807, 2.05) is 39.0 Å². The van der Waals surface area contributed by atoms with Crippen molar-refractivity contribution >= 4 is 17.9 Å². The number of piperidine rings is 1. The molecule has 6 nitrogen and oxygen atoms in total. The third-order valence-corrected chi connectivity index (χ3v) is 3.39. The van der Waals surface area contributed by atoms with Gasteiger partial charge in [0.15, 0.2) is 0 Å². The molecule has 0 bridgehead atoms. The molecular formula is C17H24N2O4. The molecule has 1 aromatic carbocycles. The molecule has 0 atom stereocenters. The highest BCUT2D eigenvalue weighted by atomic mass is 16.6. The van der Waals surface area contributed by atoms with Crippen LogP contribution in [0.25, 0.3) is 0 Å². The van der Waals surface area contributed by atoms with Gasteiger partial charge < -0.3 is 14.4 Å². The first-order valence-electron chi connectivity index (χ1n) is 7.84. The van der Waals surface area contributed by atoms with E-state index in [9.17, 15) is 9.59 Å². The Balaban J connectivity index is 1.74. The van der Waals surface area contributed by atoms with Gasteiger partial charge in [0.05, 0.1) is 0 Å². The molecule has 126 valence electrons. The highest BCUT2D eigenvalue weighted by Gasteiger charge is 2.28. The monoisotopic (exact) mass is 320 g/mol.